The number of nitrogens with zero attached hydrogens (tertiary/aromatic N) is 3. The third-order valence-electron chi connectivity index (χ3n) is 5.80. The van der Waals surface area contributed by atoms with E-state index in [1.54, 1.807) is 11.3 Å². The smallest absolute Gasteiger partial charge is 0.267 e. The van der Waals surface area contributed by atoms with Gasteiger partial charge in [0.1, 0.15) is 5.69 Å². The third kappa shape index (κ3) is 5.37. The standard InChI is InChI=1S/C24H30N4OS/c1-2-23-26-21(18-30-23)17-27-13-10-19(11-14-27)15-25-24(29)22-9-6-12-28(22)16-20-7-4-3-5-8-20/h3-9,12,18-19H,2,10-11,13-17H2,1H3,(H,25,29). The summed E-state index contributed by atoms with van der Waals surface area (Å²) in [5, 5.41) is 6.58. The van der Waals surface area contributed by atoms with Gasteiger partial charge in [-0.15, -0.1) is 11.3 Å². The van der Waals surface area contributed by atoms with Crippen molar-refractivity contribution in [3.63, 3.8) is 0 Å². The molecule has 30 heavy (non-hydrogen) atoms. The first-order valence-corrected chi connectivity index (χ1v) is 11.7. The molecule has 1 amide bonds. The lowest BCUT2D eigenvalue weighted by atomic mass is 9.96. The van der Waals surface area contributed by atoms with E-state index >= 15 is 0 Å². The van der Waals surface area contributed by atoms with E-state index in [2.05, 4.69) is 39.6 Å². The number of carbonyl (C=O) groups excluding carboxylic acids is 1. The van der Waals surface area contributed by atoms with Crippen LogP contribution in [0.4, 0.5) is 0 Å². The van der Waals surface area contributed by atoms with Gasteiger partial charge in [-0.3, -0.25) is 9.69 Å². The van der Waals surface area contributed by atoms with Crippen LogP contribution in [-0.4, -0.2) is 40.0 Å². The molecule has 0 radical (unpaired) electrons. The Morgan fingerprint density at radius 3 is 2.67 bits per heavy atom. The minimum absolute atomic E-state index is 0.0212. The van der Waals surface area contributed by atoms with Crippen molar-refractivity contribution in [1.82, 2.24) is 19.8 Å². The fourth-order valence-electron chi connectivity index (χ4n) is 4.03. The van der Waals surface area contributed by atoms with Gasteiger partial charge < -0.3 is 9.88 Å². The van der Waals surface area contributed by atoms with Crippen LogP contribution in [-0.2, 0) is 19.5 Å². The van der Waals surface area contributed by atoms with Crippen molar-refractivity contribution in [3.05, 3.63) is 76.0 Å². The predicted molar refractivity (Wildman–Crippen MR) is 122 cm³/mol. The van der Waals surface area contributed by atoms with Gasteiger partial charge in [0.15, 0.2) is 0 Å². The zero-order valence-electron chi connectivity index (χ0n) is 17.6. The lowest BCUT2D eigenvalue weighted by molar-refractivity contribution is 0.0926. The van der Waals surface area contributed by atoms with Crippen molar-refractivity contribution in [3.8, 4) is 0 Å². The van der Waals surface area contributed by atoms with Gasteiger partial charge in [0.2, 0.25) is 0 Å². The molecule has 1 fully saturated rings. The number of amides is 1. The minimum atomic E-state index is 0.0212. The fourth-order valence-corrected chi connectivity index (χ4v) is 4.76. The van der Waals surface area contributed by atoms with E-state index < -0.39 is 0 Å². The number of carbonyl (C=O) groups is 1. The Kier molecular flexibility index (Phi) is 6.97. The Morgan fingerprint density at radius 2 is 1.93 bits per heavy atom. The Hall–Kier alpha value is -2.44. The minimum Gasteiger partial charge on any atom is -0.350 e. The number of piperidine rings is 1. The second-order valence-electron chi connectivity index (χ2n) is 8.02. The third-order valence-corrected chi connectivity index (χ3v) is 6.85. The van der Waals surface area contributed by atoms with Crippen LogP contribution in [0.5, 0.6) is 0 Å². The molecule has 2 aromatic heterocycles. The molecule has 0 atom stereocenters. The molecule has 0 unspecified atom stereocenters. The van der Waals surface area contributed by atoms with Crippen LogP contribution in [0, 0.1) is 5.92 Å². The van der Waals surface area contributed by atoms with Crippen molar-refractivity contribution >= 4 is 17.2 Å². The zero-order valence-corrected chi connectivity index (χ0v) is 18.4. The molecule has 3 aromatic rings. The number of benzene rings is 1. The molecule has 158 valence electrons. The highest BCUT2D eigenvalue weighted by atomic mass is 32.1. The van der Waals surface area contributed by atoms with E-state index in [1.165, 1.54) is 16.3 Å². The van der Waals surface area contributed by atoms with Crippen molar-refractivity contribution in [2.45, 2.75) is 39.3 Å². The van der Waals surface area contributed by atoms with Gasteiger partial charge in [-0.2, -0.15) is 0 Å². The van der Waals surface area contributed by atoms with E-state index in [0.29, 0.717) is 12.5 Å². The molecule has 1 aromatic carbocycles. The number of hydrogen-bond acceptors (Lipinski definition) is 4. The highest BCUT2D eigenvalue weighted by molar-refractivity contribution is 7.09. The molecule has 0 aliphatic carbocycles. The number of aromatic nitrogens is 2. The van der Waals surface area contributed by atoms with Crippen LogP contribution < -0.4 is 5.32 Å². The summed E-state index contributed by atoms with van der Waals surface area (Å²) < 4.78 is 2.02. The molecule has 4 rings (SSSR count). The summed E-state index contributed by atoms with van der Waals surface area (Å²) in [5.74, 6) is 0.567. The molecule has 3 heterocycles. The molecule has 5 nitrogen and oxygen atoms in total. The van der Waals surface area contributed by atoms with Crippen LogP contribution in [0.1, 0.15) is 46.5 Å². The molecule has 0 bridgehead atoms. The molecule has 1 aliphatic heterocycles. The van der Waals surface area contributed by atoms with Gasteiger partial charge in [0, 0.05) is 31.2 Å². The number of thiazole rings is 1. The van der Waals surface area contributed by atoms with Crippen molar-refractivity contribution < 1.29 is 4.79 Å². The molecular weight excluding hydrogens is 392 g/mol. The average molecular weight is 423 g/mol. The molecule has 1 saturated heterocycles. The van der Waals surface area contributed by atoms with Crippen LogP contribution in [0.15, 0.2) is 54.0 Å². The summed E-state index contributed by atoms with van der Waals surface area (Å²) in [5.41, 5.74) is 3.12. The topological polar surface area (TPSA) is 50.2 Å². The summed E-state index contributed by atoms with van der Waals surface area (Å²) in [4.78, 5) is 19.9. The maximum atomic E-state index is 12.7. The second kappa shape index (κ2) is 10.0. The summed E-state index contributed by atoms with van der Waals surface area (Å²) in [6, 6.07) is 14.1. The van der Waals surface area contributed by atoms with Crippen molar-refractivity contribution in [2.75, 3.05) is 19.6 Å². The van der Waals surface area contributed by atoms with E-state index in [9.17, 15) is 4.79 Å². The fraction of sp³-hybridized carbons (Fsp3) is 0.417. The lowest BCUT2D eigenvalue weighted by Crippen LogP contribution is -2.38. The van der Waals surface area contributed by atoms with Crippen molar-refractivity contribution in [2.24, 2.45) is 5.92 Å². The quantitative estimate of drug-likeness (QED) is 0.592. The Labute approximate surface area is 182 Å². The lowest BCUT2D eigenvalue weighted by Gasteiger charge is -2.31. The Balaban J connectivity index is 1.23. The van der Waals surface area contributed by atoms with Gasteiger partial charge in [0.05, 0.1) is 10.7 Å². The SMILES string of the molecule is CCc1nc(CN2CCC(CNC(=O)c3cccn3Cc3ccccc3)CC2)cs1. The van der Waals surface area contributed by atoms with Crippen LogP contribution >= 0.6 is 11.3 Å². The number of nitrogens with one attached hydrogen (secondary N) is 1. The molecule has 0 spiro atoms. The molecular formula is C24H30N4OS. The van der Waals surface area contributed by atoms with E-state index in [4.69, 9.17) is 0 Å². The largest absolute Gasteiger partial charge is 0.350 e. The van der Waals surface area contributed by atoms with Gasteiger partial charge in [0.25, 0.3) is 5.91 Å². The summed E-state index contributed by atoms with van der Waals surface area (Å²) in [7, 11) is 0. The van der Waals surface area contributed by atoms with Gasteiger partial charge in [-0.1, -0.05) is 37.3 Å². The second-order valence-corrected chi connectivity index (χ2v) is 8.97. The van der Waals surface area contributed by atoms with Gasteiger partial charge in [-0.05, 0) is 56.0 Å². The summed E-state index contributed by atoms with van der Waals surface area (Å²) in [6.07, 6.45) is 5.23. The van der Waals surface area contributed by atoms with E-state index in [0.717, 1.165) is 51.1 Å². The van der Waals surface area contributed by atoms with Gasteiger partial charge >= 0.3 is 0 Å². The Morgan fingerprint density at radius 1 is 1.13 bits per heavy atom. The monoisotopic (exact) mass is 422 g/mol. The highest BCUT2D eigenvalue weighted by Crippen LogP contribution is 2.20. The number of likely N-dealkylation sites (tertiary alicyclic amines) is 1. The van der Waals surface area contributed by atoms with Crippen LogP contribution in [0.2, 0.25) is 0 Å². The average Bonchev–Trinajstić information content (AvgIpc) is 3.43. The first kappa shape index (κ1) is 20.8. The maximum Gasteiger partial charge on any atom is 0.267 e. The molecule has 1 N–H and O–H groups in total. The highest BCUT2D eigenvalue weighted by Gasteiger charge is 2.21. The predicted octanol–water partition coefficient (Wildman–Crippen LogP) is 4.20. The van der Waals surface area contributed by atoms with Crippen LogP contribution in [0.3, 0.4) is 0 Å². The first-order valence-electron chi connectivity index (χ1n) is 10.8. The summed E-state index contributed by atoms with van der Waals surface area (Å²) in [6.45, 7) is 6.71. The Bertz CT molecular complexity index is 941. The number of rotatable bonds is 8. The maximum absolute atomic E-state index is 12.7. The summed E-state index contributed by atoms with van der Waals surface area (Å²) >= 11 is 1.76. The first-order chi connectivity index (χ1) is 14.7. The van der Waals surface area contributed by atoms with E-state index in [-0.39, 0.29) is 5.91 Å². The normalized spacial score (nSPS) is 15.4. The number of aryl methyl sites for hydroxylation is 1. The molecule has 1 aliphatic rings. The van der Waals surface area contributed by atoms with Gasteiger partial charge in [-0.25, -0.2) is 4.98 Å². The van der Waals surface area contributed by atoms with Crippen molar-refractivity contribution in [1.29, 1.82) is 0 Å². The molecule has 6 heteroatoms. The molecule has 0 saturated carbocycles. The van der Waals surface area contributed by atoms with E-state index in [1.807, 2.05) is 41.1 Å². The van der Waals surface area contributed by atoms with Crippen LogP contribution in [0.25, 0.3) is 0 Å². The number of hydrogen-bond donors (Lipinski definition) is 1. The zero-order chi connectivity index (χ0) is 20.8.